The number of imide groups is 1. The van der Waals surface area contributed by atoms with E-state index in [1.165, 1.54) is 6.07 Å². The summed E-state index contributed by atoms with van der Waals surface area (Å²) in [5.41, 5.74) is 3.71. The van der Waals surface area contributed by atoms with Crippen LogP contribution in [0.2, 0.25) is 0 Å². The number of hydrogen-bond donors (Lipinski definition) is 1. The highest BCUT2D eigenvalue weighted by molar-refractivity contribution is 8.18. The first-order chi connectivity index (χ1) is 16.8. The van der Waals surface area contributed by atoms with Crippen LogP contribution in [0.3, 0.4) is 0 Å². The zero-order valence-electron chi connectivity index (χ0n) is 19.2. The summed E-state index contributed by atoms with van der Waals surface area (Å²) >= 11 is 0.801. The van der Waals surface area contributed by atoms with Gasteiger partial charge in [0.15, 0.2) is 6.61 Å². The minimum absolute atomic E-state index is 0.132. The second-order valence-electron chi connectivity index (χ2n) is 8.02. The number of anilines is 1. The number of ether oxygens (including phenoxy) is 1. The molecule has 1 saturated heterocycles. The molecule has 3 aromatic rings. The van der Waals surface area contributed by atoms with Crippen molar-refractivity contribution in [2.75, 3.05) is 11.9 Å². The average molecular weight is 491 g/mol. The third-order valence-electron chi connectivity index (χ3n) is 5.56. The van der Waals surface area contributed by atoms with Crippen LogP contribution in [0.25, 0.3) is 6.08 Å². The van der Waals surface area contributed by atoms with Crippen LogP contribution in [-0.2, 0) is 16.1 Å². The number of aryl methyl sites for hydroxylation is 1. The molecule has 4 rings (SSSR count). The summed E-state index contributed by atoms with van der Waals surface area (Å²) in [5.74, 6) is -0.803. The summed E-state index contributed by atoms with van der Waals surface area (Å²) in [4.78, 5) is 38.7. The number of thioether (sulfide) groups is 1. The first-order valence-corrected chi connectivity index (χ1v) is 11.7. The molecule has 8 heteroatoms. The number of nitrogens with one attached hydrogen (secondary N) is 1. The van der Waals surface area contributed by atoms with Crippen LogP contribution >= 0.6 is 11.8 Å². The minimum Gasteiger partial charge on any atom is -0.484 e. The Balaban J connectivity index is 1.40. The number of rotatable bonds is 7. The van der Waals surface area contributed by atoms with Crippen molar-refractivity contribution in [3.8, 4) is 5.75 Å². The van der Waals surface area contributed by atoms with E-state index in [0.717, 1.165) is 33.5 Å². The predicted molar refractivity (Wildman–Crippen MR) is 134 cm³/mol. The lowest BCUT2D eigenvalue weighted by molar-refractivity contribution is -0.123. The largest absolute Gasteiger partial charge is 0.484 e. The summed E-state index contributed by atoms with van der Waals surface area (Å²) < 4.78 is 19.6. The number of hydrogen-bond acceptors (Lipinski definition) is 5. The fraction of sp³-hybridized carbons (Fsp3) is 0.148. The van der Waals surface area contributed by atoms with Crippen LogP contribution < -0.4 is 10.1 Å². The van der Waals surface area contributed by atoms with Gasteiger partial charge in [-0.2, -0.15) is 0 Å². The zero-order chi connectivity index (χ0) is 24.9. The van der Waals surface area contributed by atoms with E-state index in [-0.39, 0.29) is 29.5 Å². The molecule has 0 saturated carbocycles. The summed E-state index contributed by atoms with van der Waals surface area (Å²) in [7, 11) is 0. The normalized spacial score (nSPS) is 14.5. The Kier molecular flexibility index (Phi) is 7.31. The number of carbonyl (C=O) groups excluding carboxylic acids is 3. The Hall–Kier alpha value is -3.91. The van der Waals surface area contributed by atoms with E-state index >= 15 is 0 Å². The Morgan fingerprint density at radius 3 is 2.63 bits per heavy atom. The molecule has 1 N–H and O–H groups in total. The van der Waals surface area contributed by atoms with E-state index in [1.807, 2.05) is 32.0 Å². The van der Waals surface area contributed by atoms with Crippen molar-refractivity contribution in [3.63, 3.8) is 0 Å². The SMILES string of the molecule is Cc1cccc(NC(=O)COc2cccc(/C=C3\SC(=O)N(Cc4ccccc4F)C3=O)c2)c1C. The molecule has 0 radical (unpaired) electrons. The van der Waals surface area contributed by atoms with Gasteiger partial charge in [0.1, 0.15) is 11.6 Å². The molecular formula is C27H23FN2O4S. The Labute approximate surface area is 206 Å². The zero-order valence-corrected chi connectivity index (χ0v) is 20.0. The fourth-order valence-corrected chi connectivity index (χ4v) is 4.34. The number of amides is 3. The lowest BCUT2D eigenvalue weighted by atomic mass is 10.1. The second kappa shape index (κ2) is 10.6. The highest BCUT2D eigenvalue weighted by atomic mass is 32.2. The predicted octanol–water partition coefficient (Wildman–Crippen LogP) is 5.70. The van der Waals surface area contributed by atoms with Crippen molar-refractivity contribution in [2.45, 2.75) is 20.4 Å². The van der Waals surface area contributed by atoms with E-state index in [0.29, 0.717) is 11.3 Å². The molecule has 178 valence electrons. The second-order valence-corrected chi connectivity index (χ2v) is 9.01. The molecule has 0 bridgehead atoms. The lowest BCUT2D eigenvalue weighted by Crippen LogP contribution is -2.27. The molecular weight excluding hydrogens is 467 g/mol. The van der Waals surface area contributed by atoms with Gasteiger partial charge in [0.05, 0.1) is 11.4 Å². The molecule has 1 fully saturated rings. The van der Waals surface area contributed by atoms with Crippen LogP contribution in [0.4, 0.5) is 14.9 Å². The number of halogens is 1. The number of nitrogens with zero attached hydrogens (tertiary/aromatic N) is 1. The number of carbonyl (C=O) groups is 3. The molecule has 3 aromatic carbocycles. The molecule has 0 aromatic heterocycles. The summed E-state index contributed by atoms with van der Waals surface area (Å²) in [6.45, 7) is 3.60. The van der Waals surface area contributed by atoms with Crippen LogP contribution in [0, 0.1) is 19.7 Å². The van der Waals surface area contributed by atoms with Crippen LogP contribution in [0.1, 0.15) is 22.3 Å². The van der Waals surface area contributed by atoms with Gasteiger partial charge in [0.2, 0.25) is 0 Å². The van der Waals surface area contributed by atoms with Crippen molar-refractivity contribution in [1.82, 2.24) is 4.90 Å². The minimum atomic E-state index is -0.484. The highest BCUT2D eigenvalue weighted by Gasteiger charge is 2.35. The molecule has 0 aliphatic carbocycles. The van der Waals surface area contributed by atoms with E-state index < -0.39 is 17.0 Å². The third kappa shape index (κ3) is 5.78. The maximum absolute atomic E-state index is 14.0. The van der Waals surface area contributed by atoms with Gasteiger partial charge < -0.3 is 10.1 Å². The van der Waals surface area contributed by atoms with Crippen molar-refractivity contribution >= 4 is 40.6 Å². The third-order valence-corrected chi connectivity index (χ3v) is 6.47. The summed E-state index contributed by atoms with van der Waals surface area (Å²) in [5, 5.41) is 2.38. The smallest absolute Gasteiger partial charge is 0.293 e. The molecule has 6 nitrogen and oxygen atoms in total. The molecule has 35 heavy (non-hydrogen) atoms. The monoisotopic (exact) mass is 490 g/mol. The van der Waals surface area contributed by atoms with Crippen LogP contribution in [-0.4, -0.2) is 28.6 Å². The van der Waals surface area contributed by atoms with Gasteiger partial charge in [-0.1, -0.05) is 42.5 Å². The molecule has 0 unspecified atom stereocenters. The summed E-state index contributed by atoms with van der Waals surface area (Å²) in [6.07, 6.45) is 1.58. The molecule has 0 spiro atoms. The Bertz CT molecular complexity index is 1340. The quantitative estimate of drug-likeness (QED) is 0.430. The van der Waals surface area contributed by atoms with E-state index in [1.54, 1.807) is 48.5 Å². The standard InChI is InChI=1S/C27H23FN2O4S/c1-17-7-5-12-23(18(17)2)29-25(31)16-34-21-10-6-8-19(13-21)14-24-26(32)30(27(33)35-24)15-20-9-3-4-11-22(20)28/h3-14H,15-16H2,1-2H3,(H,29,31)/b24-14-. The lowest BCUT2D eigenvalue weighted by Gasteiger charge is -2.12. The van der Waals surface area contributed by atoms with Gasteiger partial charge in [-0.15, -0.1) is 0 Å². The highest BCUT2D eigenvalue weighted by Crippen LogP contribution is 2.34. The molecule has 1 heterocycles. The van der Waals surface area contributed by atoms with E-state index in [4.69, 9.17) is 4.74 Å². The van der Waals surface area contributed by atoms with Gasteiger partial charge in [-0.25, -0.2) is 4.39 Å². The van der Waals surface area contributed by atoms with Crippen molar-refractivity contribution in [3.05, 3.63) is 99.7 Å². The van der Waals surface area contributed by atoms with Gasteiger partial charge in [0, 0.05) is 11.3 Å². The topological polar surface area (TPSA) is 75.7 Å². The Morgan fingerprint density at radius 1 is 1.06 bits per heavy atom. The molecule has 1 aliphatic heterocycles. The first-order valence-electron chi connectivity index (χ1n) is 10.9. The van der Waals surface area contributed by atoms with E-state index in [9.17, 15) is 18.8 Å². The van der Waals surface area contributed by atoms with Gasteiger partial charge >= 0.3 is 0 Å². The van der Waals surface area contributed by atoms with Gasteiger partial charge in [-0.3, -0.25) is 19.3 Å². The molecule has 1 aliphatic rings. The van der Waals surface area contributed by atoms with Crippen LogP contribution in [0.5, 0.6) is 5.75 Å². The number of benzene rings is 3. The van der Waals surface area contributed by atoms with E-state index in [2.05, 4.69) is 5.32 Å². The Morgan fingerprint density at radius 2 is 1.83 bits per heavy atom. The summed E-state index contributed by atoms with van der Waals surface area (Å²) in [6, 6.07) is 18.6. The van der Waals surface area contributed by atoms with Crippen molar-refractivity contribution in [1.29, 1.82) is 0 Å². The average Bonchev–Trinajstić information content (AvgIpc) is 3.09. The van der Waals surface area contributed by atoms with Crippen molar-refractivity contribution in [2.24, 2.45) is 0 Å². The van der Waals surface area contributed by atoms with Crippen LogP contribution in [0.15, 0.2) is 71.6 Å². The maximum atomic E-state index is 14.0. The first kappa shape index (κ1) is 24.2. The van der Waals surface area contributed by atoms with Gasteiger partial charge in [-0.05, 0) is 72.6 Å². The molecule has 3 amide bonds. The van der Waals surface area contributed by atoms with Gasteiger partial charge in [0.25, 0.3) is 17.1 Å². The van der Waals surface area contributed by atoms with Crippen molar-refractivity contribution < 1.29 is 23.5 Å². The fourth-order valence-electron chi connectivity index (χ4n) is 3.50. The molecule has 0 atom stereocenters. The maximum Gasteiger partial charge on any atom is 0.293 e.